The molecule has 73 heavy (non-hydrogen) atoms. The maximum Gasteiger partial charge on any atom is 0.262 e. The fourth-order valence-electron chi connectivity index (χ4n) is 10.1. The molecule has 5 rings (SSSR count). The van der Waals surface area contributed by atoms with E-state index in [1.165, 1.54) is 179 Å². The molecule has 0 saturated heterocycles. The van der Waals surface area contributed by atoms with Crippen LogP contribution >= 0.6 is 0 Å². The minimum Gasteiger partial charge on any atom is -0.506 e. The molecule has 1 aromatic heterocycles. The molecule has 0 bridgehead atoms. The van der Waals surface area contributed by atoms with Gasteiger partial charge in [-0.15, -0.1) is 10.2 Å². The Hall–Kier alpha value is -5.03. The molecule has 0 fully saturated rings. The minimum atomic E-state index is -4.39. The summed E-state index contributed by atoms with van der Waals surface area (Å²) in [6.45, 7) is 5.68. The molecule has 0 unspecified atom stereocenters. The number of hydrogen-bond donors (Lipinski definition) is 3. The molecule has 10 nitrogen and oxygen atoms in total. The number of fused-ring (bicyclic) bond motifs is 2. The van der Waals surface area contributed by atoms with E-state index >= 15 is 0 Å². The van der Waals surface area contributed by atoms with Crippen molar-refractivity contribution in [3.8, 4) is 11.5 Å². The number of hydrogen-bond acceptors (Lipinski definition) is 8. The Kier molecular flexibility index (Phi) is 27.8. The Morgan fingerprint density at radius 2 is 0.890 bits per heavy atom. The number of azo groups is 1. The van der Waals surface area contributed by atoms with Crippen molar-refractivity contribution in [2.45, 2.75) is 224 Å². The van der Waals surface area contributed by atoms with Crippen molar-refractivity contribution in [2.24, 2.45) is 10.2 Å². The van der Waals surface area contributed by atoms with E-state index < -0.39 is 10.0 Å². The number of nitrogens with one attached hydrogen (secondary N) is 1. The van der Waals surface area contributed by atoms with E-state index in [-0.39, 0.29) is 50.0 Å². The molecule has 0 radical (unpaired) electrons. The van der Waals surface area contributed by atoms with Crippen LogP contribution in [0.2, 0.25) is 0 Å². The van der Waals surface area contributed by atoms with Crippen molar-refractivity contribution >= 4 is 54.7 Å². The van der Waals surface area contributed by atoms with E-state index in [1.54, 1.807) is 72.9 Å². The molecular formula is C62H91N5O5S. The van der Waals surface area contributed by atoms with Crippen LogP contribution in [0.3, 0.4) is 0 Å². The zero-order chi connectivity index (χ0) is 51.8. The summed E-state index contributed by atoms with van der Waals surface area (Å²) in [4.78, 5) is 20.7. The number of aromatic nitrogens is 1. The zero-order valence-corrected chi connectivity index (χ0v) is 45.8. The second-order valence-electron chi connectivity index (χ2n) is 20.5. The third-order valence-corrected chi connectivity index (χ3v) is 15.9. The fourth-order valence-corrected chi connectivity index (χ4v) is 11.4. The van der Waals surface area contributed by atoms with Gasteiger partial charge in [-0.3, -0.25) is 9.52 Å². The lowest BCUT2D eigenvalue weighted by Crippen LogP contribution is -2.33. The molecule has 0 aliphatic carbocycles. The highest BCUT2D eigenvalue weighted by Crippen LogP contribution is 2.42. The lowest BCUT2D eigenvalue weighted by Gasteiger charge is -2.24. The van der Waals surface area contributed by atoms with Crippen molar-refractivity contribution in [1.29, 1.82) is 0 Å². The van der Waals surface area contributed by atoms with Crippen LogP contribution in [-0.4, -0.2) is 47.5 Å². The number of sulfonamides is 1. The Bertz CT molecular complexity index is 2440. The maximum absolute atomic E-state index is 14.8. The predicted octanol–water partition coefficient (Wildman–Crippen LogP) is 19.0. The van der Waals surface area contributed by atoms with Crippen LogP contribution in [-0.2, 0) is 10.0 Å². The fraction of sp³-hybridized carbons (Fsp3) is 0.581. The number of carbonyl (C=O) groups is 1. The number of pyridine rings is 1. The van der Waals surface area contributed by atoms with E-state index in [2.05, 4.69) is 33.8 Å². The van der Waals surface area contributed by atoms with E-state index in [0.717, 1.165) is 38.5 Å². The van der Waals surface area contributed by atoms with E-state index in [9.17, 15) is 23.4 Å². The average molecular weight is 1020 g/mol. The summed E-state index contributed by atoms with van der Waals surface area (Å²) in [7, 11) is -4.39. The molecule has 1 heterocycles. The lowest BCUT2D eigenvalue weighted by atomic mass is 10.0. The Morgan fingerprint density at radius 3 is 1.33 bits per heavy atom. The number of anilines is 1. The highest BCUT2D eigenvalue weighted by molar-refractivity contribution is 7.93. The highest BCUT2D eigenvalue weighted by atomic mass is 32.2. The number of phenols is 2. The van der Waals surface area contributed by atoms with Crippen molar-refractivity contribution in [1.82, 2.24) is 9.88 Å². The monoisotopic (exact) mass is 1020 g/mol. The van der Waals surface area contributed by atoms with Gasteiger partial charge in [0.25, 0.3) is 15.9 Å². The Labute approximate surface area is 440 Å². The molecule has 3 N–H and O–H groups in total. The molecule has 0 aliphatic heterocycles. The van der Waals surface area contributed by atoms with Gasteiger partial charge < -0.3 is 15.1 Å². The molecule has 0 atom stereocenters. The molecule has 4 aromatic carbocycles. The summed E-state index contributed by atoms with van der Waals surface area (Å²) in [5.74, 6) is -0.396. The first-order valence-corrected chi connectivity index (χ1v) is 30.4. The normalized spacial score (nSPS) is 11.9. The van der Waals surface area contributed by atoms with Gasteiger partial charge in [-0.05, 0) is 37.1 Å². The molecule has 0 saturated carbocycles. The molecule has 0 aliphatic rings. The van der Waals surface area contributed by atoms with Crippen molar-refractivity contribution in [3.05, 3.63) is 90.6 Å². The van der Waals surface area contributed by atoms with Gasteiger partial charge in [0.2, 0.25) is 0 Å². The predicted molar refractivity (Wildman–Crippen MR) is 305 cm³/mol. The number of unbranched alkanes of at least 4 members (excludes halogenated alkanes) is 30. The van der Waals surface area contributed by atoms with Gasteiger partial charge >= 0.3 is 0 Å². The van der Waals surface area contributed by atoms with Crippen molar-refractivity contribution < 1.29 is 23.4 Å². The van der Waals surface area contributed by atoms with Crippen LogP contribution in [0.5, 0.6) is 11.5 Å². The van der Waals surface area contributed by atoms with Crippen LogP contribution in [0, 0.1) is 0 Å². The first kappa shape index (κ1) is 58.9. The quantitative estimate of drug-likeness (QED) is 0.0202. The summed E-state index contributed by atoms with van der Waals surface area (Å²) in [6, 6.07) is 21.6. The van der Waals surface area contributed by atoms with Gasteiger partial charge in [-0.2, -0.15) is 0 Å². The van der Waals surface area contributed by atoms with Gasteiger partial charge in [0.1, 0.15) is 11.4 Å². The van der Waals surface area contributed by atoms with E-state index in [0.29, 0.717) is 29.7 Å². The minimum absolute atomic E-state index is 0.0463. The van der Waals surface area contributed by atoms with E-state index in [1.807, 2.05) is 4.90 Å². The van der Waals surface area contributed by atoms with E-state index in [4.69, 9.17) is 0 Å². The van der Waals surface area contributed by atoms with Crippen molar-refractivity contribution in [2.75, 3.05) is 17.8 Å². The summed E-state index contributed by atoms with van der Waals surface area (Å²) >= 11 is 0. The molecule has 11 heteroatoms. The number of amides is 1. The van der Waals surface area contributed by atoms with Crippen LogP contribution in [0.25, 0.3) is 21.5 Å². The molecule has 0 spiro atoms. The smallest absolute Gasteiger partial charge is 0.262 e. The number of aromatic hydroxyl groups is 2. The third-order valence-electron chi connectivity index (χ3n) is 14.5. The van der Waals surface area contributed by atoms with Gasteiger partial charge in [0.15, 0.2) is 11.6 Å². The van der Waals surface area contributed by atoms with Gasteiger partial charge in [-0.25, -0.2) is 13.4 Å². The molecule has 400 valence electrons. The molecule has 1 amide bonds. The summed E-state index contributed by atoms with van der Waals surface area (Å²) in [5.41, 5.74) is 0.176. The maximum atomic E-state index is 14.8. The largest absolute Gasteiger partial charge is 0.506 e. The number of carbonyl (C=O) groups excluding carboxylic acids is 1. The van der Waals surface area contributed by atoms with Crippen LogP contribution in [0.1, 0.15) is 230 Å². The summed E-state index contributed by atoms with van der Waals surface area (Å²) in [5, 5.41) is 32.8. The van der Waals surface area contributed by atoms with Gasteiger partial charge in [0, 0.05) is 40.8 Å². The van der Waals surface area contributed by atoms with Gasteiger partial charge in [0.05, 0.1) is 16.1 Å². The van der Waals surface area contributed by atoms with Crippen LogP contribution in [0.15, 0.2) is 100 Å². The number of benzene rings is 4. The number of nitrogens with zero attached hydrogens (tertiary/aromatic N) is 4. The topological polar surface area (TPSA) is 145 Å². The first-order chi connectivity index (χ1) is 35.7. The second-order valence-corrected chi connectivity index (χ2v) is 22.2. The highest BCUT2D eigenvalue weighted by Gasteiger charge is 2.26. The zero-order valence-electron chi connectivity index (χ0n) is 44.9. The SMILES string of the molecule is CCCCCCCCCCCCCCCCCCN(CCCCCCCCCCCCCCCCCC)C(=O)c1cc(NS(=O)(=O)c2cc(N=Nc3ccccn3)c(O)c3ccccc23)c2ccccc2c1O. The Balaban J connectivity index is 1.22. The molecular weight excluding hydrogens is 927 g/mol. The average Bonchev–Trinajstić information content (AvgIpc) is 3.40. The van der Waals surface area contributed by atoms with Gasteiger partial charge in [-0.1, -0.05) is 261 Å². The standard InChI is InChI=1S/C62H91N5O5S/c1-3-5-7-9-11-13-15-17-19-21-23-25-27-29-31-39-47-67(48-40-32-30-28-26-24-22-20-18-16-14-12-10-8-6-4-2)62(70)55-49-56(51-41-33-35-43-53(51)60(55)68)66-73(71,72)58-50-57(64-65-59-45-37-38-46-63-59)61(69)54-44-36-34-42-52(54)58/h33-38,41-46,49-50,66,68-69H,3-32,39-40,47-48H2,1-2H3. The number of phenolic OH excluding ortho intramolecular Hbond substituents is 2. The molecule has 5 aromatic rings. The summed E-state index contributed by atoms with van der Waals surface area (Å²) in [6.07, 6.45) is 42.3. The first-order valence-electron chi connectivity index (χ1n) is 28.9. The number of rotatable bonds is 40. The summed E-state index contributed by atoms with van der Waals surface area (Å²) < 4.78 is 32.0. The van der Waals surface area contributed by atoms with Crippen LogP contribution < -0.4 is 4.72 Å². The second kappa shape index (κ2) is 34.5. The van der Waals surface area contributed by atoms with Crippen molar-refractivity contribution in [3.63, 3.8) is 0 Å². The Morgan fingerprint density at radius 1 is 0.493 bits per heavy atom. The lowest BCUT2D eigenvalue weighted by molar-refractivity contribution is 0.0746. The van der Waals surface area contributed by atoms with Crippen LogP contribution in [0.4, 0.5) is 17.2 Å². The third kappa shape index (κ3) is 20.7.